The lowest BCUT2D eigenvalue weighted by Gasteiger charge is -2.31. The van der Waals surface area contributed by atoms with E-state index in [1.54, 1.807) is 12.1 Å². The molecule has 1 amide bonds. The van der Waals surface area contributed by atoms with Gasteiger partial charge in [-0.1, -0.05) is 15.9 Å². The summed E-state index contributed by atoms with van der Waals surface area (Å²) >= 11 is 3.39. The lowest BCUT2D eigenvalue weighted by atomic mass is 9.90. The van der Waals surface area contributed by atoms with Crippen molar-refractivity contribution in [2.75, 3.05) is 18.5 Å². The smallest absolute Gasteiger partial charge is 0.244 e. The van der Waals surface area contributed by atoms with Crippen LogP contribution in [-0.4, -0.2) is 24.7 Å². The molecule has 0 atom stereocenters. The average Bonchev–Trinajstić information content (AvgIpc) is 2.59. The summed E-state index contributed by atoms with van der Waals surface area (Å²) in [5.74, 6) is 1.27. The van der Waals surface area contributed by atoms with Gasteiger partial charge in [0.2, 0.25) is 5.91 Å². The van der Waals surface area contributed by atoms with Crippen LogP contribution in [0.3, 0.4) is 0 Å². The second-order valence-electron chi connectivity index (χ2n) is 5.80. The van der Waals surface area contributed by atoms with E-state index in [2.05, 4.69) is 21.2 Å². The van der Waals surface area contributed by atoms with E-state index in [9.17, 15) is 4.79 Å². The van der Waals surface area contributed by atoms with Crippen LogP contribution in [-0.2, 0) is 9.53 Å². The fraction of sp³-hybridized carbons (Fsp3) is 0.278. The Balaban J connectivity index is 0.00000225. The molecule has 0 aliphatic carbocycles. The van der Waals surface area contributed by atoms with Gasteiger partial charge in [0.15, 0.2) is 0 Å². The molecule has 0 spiro atoms. The van der Waals surface area contributed by atoms with Gasteiger partial charge in [0.05, 0.1) is 0 Å². The molecule has 2 aromatic rings. The van der Waals surface area contributed by atoms with Crippen LogP contribution >= 0.6 is 28.3 Å². The first-order valence-corrected chi connectivity index (χ1v) is 8.56. The Bertz CT molecular complexity index is 701. The molecule has 0 radical (unpaired) electrons. The minimum atomic E-state index is -0.856. The van der Waals surface area contributed by atoms with Gasteiger partial charge in [-0.25, -0.2) is 0 Å². The number of ether oxygens (including phenoxy) is 2. The van der Waals surface area contributed by atoms with Crippen LogP contribution in [0.5, 0.6) is 11.5 Å². The highest BCUT2D eigenvalue weighted by Gasteiger charge is 2.35. The first kappa shape index (κ1) is 19.7. The fourth-order valence-corrected chi connectivity index (χ4v) is 2.73. The van der Waals surface area contributed by atoms with Crippen molar-refractivity contribution >= 4 is 39.9 Å². The first-order chi connectivity index (χ1) is 11.5. The van der Waals surface area contributed by atoms with Crippen molar-refractivity contribution < 1.29 is 14.3 Å². The molecule has 1 heterocycles. The SMILES string of the molecule is Cl.NC1(C(=O)Nc2ccc(Oc3ccc(Br)cc3)cc2)CCOCC1. The monoisotopic (exact) mass is 426 g/mol. The van der Waals surface area contributed by atoms with E-state index in [0.29, 0.717) is 37.5 Å². The van der Waals surface area contributed by atoms with Gasteiger partial charge < -0.3 is 20.5 Å². The largest absolute Gasteiger partial charge is 0.457 e. The lowest BCUT2D eigenvalue weighted by Crippen LogP contribution is -2.54. The summed E-state index contributed by atoms with van der Waals surface area (Å²) in [6, 6.07) is 14.8. The number of halogens is 2. The van der Waals surface area contributed by atoms with Gasteiger partial charge in [0.1, 0.15) is 17.0 Å². The number of hydrogen-bond acceptors (Lipinski definition) is 4. The van der Waals surface area contributed by atoms with Gasteiger partial charge in [-0.05, 0) is 61.4 Å². The third kappa shape index (κ3) is 5.19. The summed E-state index contributed by atoms with van der Waals surface area (Å²) in [4.78, 5) is 12.4. The predicted octanol–water partition coefficient (Wildman–Crippen LogP) is 4.11. The van der Waals surface area contributed by atoms with Crippen molar-refractivity contribution in [3.05, 3.63) is 53.0 Å². The molecule has 0 aromatic heterocycles. The number of amides is 1. The molecule has 3 N–H and O–H groups in total. The topological polar surface area (TPSA) is 73.6 Å². The molecule has 1 aliphatic heterocycles. The normalized spacial score (nSPS) is 15.8. The summed E-state index contributed by atoms with van der Waals surface area (Å²) in [6.45, 7) is 1.04. The Hall–Kier alpha value is -1.60. The number of benzene rings is 2. The van der Waals surface area contributed by atoms with E-state index in [4.69, 9.17) is 15.2 Å². The molecule has 5 nitrogen and oxygen atoms in total. The fourth-order valence-electron chi connectivity index (χ4n) is 2.46. The van der Waals surface area contributed by atoms with Crippen LogP contribution in [0, 0.1) is 0 Å². The molecule has 3 rings (SSSR count). The van der Waals surface area contributed by atoms with E-state index in [0.717, 1.165) is 10.2 Å². The van der Waals surface area contributed by atoms with Gasteiger partial charge in [-0.2, -0.15) is 0 Å². The molecule has 25 heavy (non-hydrogen) atoms. The Morgan fingerprint density at radius 1 is 1.04 bits per heavy atom. The molecule has 1 aliphatic rings. The maximum Gasteiger partial charge on any atom is 0.244 e. The maximum atomic E-state index is 12.4. The Morgan fingerprint density at radius 2 is 1.56 bits per heavy atom. The molecule has 1 saturated heterocycles. The molecule has 134 valence electrons. The Morgan fingerprint density at radius 3 is 2.12 bits per heavy atom. The number of nitrogens with two attached hydrogens (primary N) is 1. The van der Waals surface area contributed by atoms with Gasteiger partial charge in [-0.3, -0.25) is 4.79 Å². The second-order valence-corrected chi connectivity index (χ2v) is 6.72. The number of nitrogens with one attached hydrogen (secondary N) is 1. The van der Waals surface area contributed by atoms with Crippen molar-refractivity contribution in [3.8, 4) is 11.5 Å². The Labute approximate surface area is 161 Å². The zero-order valence-corrected chi connectivity index (χ0v) is 15.9. The van der Waals surface area contributed by atoms with Crippen LogP contribution < -0.4 is 15.8 Å². The zero-order valence-electron chi connectivity index (χ0n) is 13.5. The first-order valence-electron chi connectivity index (χ1n) is 7.77. The summed E-state index contributed by atoms with van der Waals surface area (Å²) < 4.78 is 12.0. The average molecular weight is 428 g/mol. The highest BCUT2D eigenvalue weighted by molar-refractivity contribution is 9.10. The number of anilines is 1. The summed E-state index contributed by atoms with van der Waals surface area (Å²) in [5.41, 5.74) is 6.01. The van der Waals surface area contributed by atoms with Gasteiger partial charge in [0, 0.05) is 23.4 Å². The summed E-state index contributed by atoms with van der Waals surface area (Å²) in [7, 11) is 0. The number of carbonyl (C=O) groups is 1. The molecule has 1 fully saturated rings. The highest BCUT2D eigenvalue weighted by Crippen LogP contribution is 2.25. The number of rotatable bonds is 4. The van der Waals surface area contributed by atoms with E-state index >= 15 is 0 Å². The molecular weight excluding hydrogens is 408 g/mol. The summed E-state index contributed by atoms with van der Waals surface area (Å²) in [5, 5.41) is 2.87. The second kappa shape index (κ2) is 8.67. The molecule has 7 heteroatoms. The van der Waals surface area contributed by atoms with Crippen molar-refractivity contribution in [1.82, 2.24) is 0 Å². The van der Waals surface area contributed by atoms with Crippen LogP contribution in [0.15, 0.2) is 53.0 Å². The van der Waals surface area contributed by atoms with E-state index in [1.807, 2.05) is 36.4 Å². The van der Waals surface area contributed by atoms with Gasteiger partial charge in [0.25, 0.3) is 0 Å². The van der Waals surface area contributed by atoms with Crippen LogP contribution in [0.25, 0.3) is 0 Å². The molecular formula is C18H20BrClN2O3. The molecule has 0 saturated carbocycles. The van der Waals surface area contributed by atoms with Crippen LogP contribution in [0.1, 0.15) is 12.8 Å². The quantitative estimate of drug-likeness (QED) is 0.770. The third-order valence-corrected chi connectivity index (χ3v) is 4.53. The molecule has 2 aromatic carbocycles. The third-order valence-electron chi connectivity index (χ3n) is 4.00. The molecule has 0 unspecified atom stereocenters. The Kier molecular flexibility index (Phi) is 6.84. The predicted molar refractivity (Wildman–Crippen MR) is 104 cm³/mol. The lowest BCUT2D eigenvalue weighted by molar-refractivity contribution is -0.124. The molecule has 0 bridgehead atoms. The van der Waals surface area contributed by atoms with Gasteiger partial charge >= 0.3 is 0 Å². The van der Waals surface area contributed by atoms with Crippen molar-refractivity contribution in [2.45, 2.75) is 18.4 Å². The minimum absolute atomic E-state index is 0. The standard InChI is InChI=1S/C18H19BrN2O3.ClH/c19-13-1-5-15(6-2-13)24-16-7-3-14(4-8-16)21-17(22)18(20)9-11-23-12-10-18;/h1-8H,9-12,20H2,(H,21,22);1H. The zero-order chi connectivity index (χ0) is 17.0. The summed E-state index contributed by atoms with van der Waals surface area (Å²) in [6.07, 6.45) is 1.06. The maximum absolute atomic E-state index is 12.4. The van der Waals surface area contributed by atoms with Gasteiger partial charge in [-0.15, -0.1) is 12.4 Å². The van der Waals surface area contributed by atoms with Crippen LogP contribution in [0.4, 0.5) is 5.69 Å². The highest BCUT2D eigenvalue weighted by atomic mass is 79.9. The minimum Gasteiger partial charge on any atom is -0.457 e. The van der Waals surface area contributed by atoms with E-state index in [1.165, 1.54) is 0 Å². The van der Waals surface area contributed by atoms with Crippen molar-refractivity contribution in [1.29, 1.82) is 0 Å². The van der Waals surface area contributed by atoms with Crippen molar-refractivity contribution in [2.24, 2.45) is 5.73 Å². The van der Waals surface area contributed by atoms with E-state index < -0.39 is 5.54 Å². The van der Waals surface area contributed by atoms with E-state index in [-0.39, 0.29) is 18.3 Å². The van der Waals surface area contributed by atoms with Crippen molar-refractivity contribution in [3.63, 3.8) is 0 Å². The van der Waals surface area contributed by atoms with Crippen LogP contribution in [0.2, 0.25) is 0 Å². The number of carbonyl (C=O) groups excluding carboxylic acids is 1. The number of hydrogen-bond donors (Lipinski definition) is 2.